The zero-order chi connectivity index (χ0) is 20.1. The summed E-state index contributed by atoms with van der Waals surface area (Å²) in [6.07, 6.45) is 5.35. The maximum atomic E-state index is 12.7. The van der Waals surface area contributed by atoms with E-state index in [1.807, 2.05) is 19.1 Å². The number of anilines is 1. The molecule has 3 rings (SSSR count). The van der Waals surface area contributed by atoms with E-state index < -0.39 is 0 Å². The summed E-state index contributed by atoms with van der Waals surface area (Å²) in [6.45, 7) is 4.00. The van der Waals surface area contributed by atoms with Crippen molar-refractivity contribution in [1.82, 2.24) is 0 Å². The lowest BCUT2D eigenvalue weighted by Crippen LogP contribution is -2.11. The van der Waals surface area contributed by atoms with Gasteiger partial charge in [0, 0.05) is 28.4 Å². The van der Waals surface area contributed by atoms with Gasteiger partial charge in [0.1, 0.15) is 10.8 Å². The van der Waals surface area contributed by atoms with Crippen LogP contribution in [-0.2, 0) is 28.9 Å². The smallest absolute Gasteiger partial charge is 0.341 e. The van der Waals surface area contributed by atoms with Crippen molar-refractivity contribution < 1.29 is 19.1 Å². The number of nitrogens with one attached hydrogen (secondary N) is 1. The molecule has 0 unspecified atom stereocenters. The highest BCUT2D eigenvalue weighted by atomic mass is 79.9. The minimum atomic E-state index is -0.362. The zero-order valence-corrected chi connectivity index (χ0v) is 18.5. The van der Waals surface area contributed by atoms with Crippen molar-refractivity contribution in [2.75, 3.05) is 11.9 Å². The Hall–Kier alpha value is -1.86. The number of carbonyl (C=O) groups excluding carboxylic acids is 2. The van der Waals surface area contributed by atoms with Gasteiger partial charge in [0.15, 0.2) is 0 Å². The first-order valence-electron chi connectivity index (χ1n) is 9.52. The number of aryl methyl sites for hydroxylation is 1. The van der Waals surface area contributed by atoms with Crippen LogP contribution in [0.3, 0.4) is 0 Å². The molecule has 1 N–H and O–H groups in total. The monoisotopic (exact) mass is 465 g/mol. The van der Waals surface area contributed by atoms with Crippen molar-refractivity contribution in [3.8, 4) is 5.75 Å². The van der Waals surface area contributed by atoms with Gasteiger partial charge in [-0.3, -0.25) is 4.79 Å². The molecule has 0 fully saturated rings. The van der Waals surface area contributed by atoms with Crippen LogP contribution >= 0.6 is 27.3 Å². The molecule has 1 aliphatic carbocycles. The van der Waals surface area contributed by atoms with Crippen LogP contribution in [0.1, 0.15) is 59.5 Å². The molecule has 7 heteroatoms. The molecule has 150 valence electrons. The van der Waals surface area contributed by atoms with Gasteiger partial charge in [-0.25, -0.2) is 4.79 Å². The largest absolute Gasteiger partial charge is 0.462 e. The number of hydrogen-bond acceptors (Lipinski definition) is 6. The van der Waals surface area contributed by atoms with E-state index in [-0.39, 0.29) is 11.9 Å². The van der Waals surface area contributed by atoms with Crippen LogP contribution in [0.15, 0.2) is 22.7 Å². The van der Waals surface area contributed by atoms with E-state index in [0.717, 1.165) is 46.3 Å². The van der Waals surface area contributed by atoms with Gasteiger partial charge < -0.3 is 14.8 Å². The lowest BCUT2D eigenvalue weighted by Gasteiger charge is -2.12. The summed E-state index contributed by atoms with van der Waals surface area (Å²) in [5.41, 5.74) is 2.65. The highest BCUT2D eigenvalue weighted by Crippen LogP contribution is 2.38. The van der Waals surface area contributed by atoms with E-state index >= 15 is 0 Å². The number of carbonyl (C=O) groups is 2. The fourth-order valence-corrected chi connectivity index (χ4v) is 5.08. The molecule has 1 heterocycles. The van der Waals surface area contributed by atoms with Gasteiger partial charge in [-0.05, 0) is 56.4 Å². The molecule has 0 saturated carbocycles. The van der Waals surface area contributed by atoms with Crippen molar-refractivity contribution in [3.05, 3.63) is 44.2 Å². The van der Waals surface area contributed by atoms with Crippen LogP contribution in [0, 0.1) is 0 Å². The first-order chi connectivity index (χ1) is 13.5. The predicted molar refractivity (Wildman–Crippen MR) is 114 cm³/mol. The number of thiophene rings is 1. The molecule has 0 radical (unpaired) electrons. The quantitative estimate of drug-likeness (QED) is 0.346. The van der Waals surface area contributed by atoms with Crippen molar-refractivity contribution >= 4 is 44.2 Å². The Morgan fingerprint density at radius 2 is 2.00 bits per heavy atom. The fourth-order valence-electron chi connectivity index (χ4n) is 3.40. The maximum Gasteiger partial charge on any atom is 0.341 e. The van der Waals surface area contributed by atoms with E-state index in [1.54, 1.807) is 17.4 Å². The van der Waals surface area contributed by atoms with Crippen molar-refractivity contribution in [2.45, 2.75) is 52.5 Å². The summed E-state index contributed by atoms with van der Waals surface area (Å²) in [5, 5.41) is 4.23. The van der Waals surface area contributed by atoms with Crippen LogP contribution in [0.2, 0.25) is 0 Å². The molecule has 0 atom stereocenters. The number of benzene rings is 1. The fraction of sp³-hybridized carbons (Fsp3) is 0.429. The van der Waals surface area contributed by atoms with Crippen molar-refractivity contribution in [3.63, 3.8) is 0 Å². The van der Waals surface area contributed by atoms with E-state index in [1.165, 1.54) is 18.2 Å². The van der Waals surface area contributed by atoms with Crippen LogP contribution in [-0.4, -0.2) is 18.5 Å². The van der Waals surface area contributed by atoms with Crippen LogP contribution in [0.4, 0.5) is 5.00 Å². The lowest BCUT2D eigenvalue weighted by atomic mass is 10.1. The molecular formula is C21H24BrNO4S. The molecule has 0 aliphatic heterocycles. The second-order valence-corrected chi connectivity index (χ2v) is 8.71. The Balaban J connectivity index is 1.89. The SMILES string of the molecule is CCOC(=O)c1c(NCc2cc(Br)ccc2OC(C)=O)sc2c1CCCCC2. The van der Waals surface area contributed by atoms with E-state index in [2.05, 4.69) is 21.2 Å². The lowest BCUT2D eigenvalue weighted by molar-refractivity contribution is -0.131. The third-order valence-electron chi connectivity index (χ3n) is 4.62. The van der Waals surface area contributed by atoms with Crippen LogP contribution in [0.5, 0.6) is 5.75 Å². The second kappa shape index (κ2) is 9.56. The molecule has 0 bridgehead atoms. The molecule has 0 amide bonds. The number of hydrogen-bond donors (Lipinski definition) is 1. The Morgan fingerprint density at radius 3 is 2.75 bits per heavy atom. The van der Waals surface area contributed by atoms with E-state index in [4.69, 9.17) is 9.47 Å². The normalized spacial score (nSPS) is 13.4. The average molecular weight is 466 g/mol. The first kappa shape index (κ1) is 20.9. The van der Waals surface area contributed by atoms with Gasteiger partial charge in [-0.15, -0.1) is 11.3 Å². The standard InChI is InChI=1S/C21H24BrNO4S/c1-3-26-21(25)19-16-7-5-4-6-8-18(16)28-20(19)23-12-14-11-15(22)9-10-17(14)27-13(2)24/h9-11,23H,3-8,12H2,1-2H3. The third kappa shape index (κ3) is 4.94. The topological polar surface area (TPSA) is 64.6 Å². The number of ether oxygens (including phenoxy) is 2. The van der Waals surface area contributed by atoms with E-state index in [9.17, 15) is 9.59 Å². The molecule has 1 aromatic carbocycles. The molecule has 28 heavy (non-hydrogen) atoms. The summed E-state index contributed by atoms with van der Waals surface area (Å²) in [5.74, 6) is -0.114. The number of rotatable bonds is 6. The van der Waals surface area contributed by atoms with Gasteiger partial charge in [-0.1, -0.05) is 22.4 Å². The summed E-state index contributed by atoms with van der Waals surface area (Å²) < 4.78 is 11.5. The molecule has 1 aliphatic rings. The van der Waals surface area contributed by atoms with Crippen LogP contribution < -0.4 is 10.1 Å². The Morgan fingerprint density at radius 1 is 1.21 bits per heavy atom. The van der Waals surface area contributed by atoms with Crippen LogP contribution in [0.25, 0.3) is 0 Å². The van der Waals surface area contributed by atoms with Crippen molar-refractivity contribution in [2.24, 2.45) is 0 Å². The van der Waals surface area contributed by atoms with Crippen molar-refractivity contribution in [1.29, 1.82) is 0 Å². The molecule has 0 saturated heterocycles. The van der Waals surface area contributed by atoms with Gasteiger partial charge >= 0.3 is 11.9 Å². The van der Waals surface area contributed by atoms with Gasteiger partial charge in [0.05, 0.1) is 12.2 Å². The number of esters is 2. The summed E-state index contributed by atoms with van der Waals surface area (Å²) in [6, 6.07) is 5.51. The highest BCUT2D eigenvalue weighted by Gasteiger charge is 2.25. The highest BCUT2D eigenvalue weighted by molar-refractivity contribution is 9.10. The first-order valence-corrected chi connectivity index (χ1v) is 11.1. The molecular weight excluding hydrogens is 442 g/mol. The van der Waals surface area contributed by atoms with Gasteiger partial charge in [0.25, 0.3) is 0 Å². The summed E-state index contributed by atoms with van der Waals surface area (Å²) >= 11 is 5.10. The molecule has 5 nitrogen and oxygen atoms in total. The Kier molecular flexibility index (Phi) is 7.13. The minimum Gasteiger partial charge on any atom is -0.462 e. The third-order valence-corrected chi connectivity index (χ3v) is 6.36. The van der Waals surface area contributed by atoms with Gasteiger partial charge in [0.2, 0.25) is 0 Å². The molecule has 1 aromatic heterocycles. The average Bonchev–Trinajstić information content (AvgIpc) is 2.83. The minimum absolute atomic E-state index is 0.265. The summed E-state index contributed by atoms with van der Waals surface area (Å²) in [7, 11) is 0. The number of fused-ring (bicyclic) bond motifs is 1. The summed E-state index contributed by atoms with van der Waals surface area (Å²) in [4.78, 5) is 25.3. The Bertz CT molecular complexity index is 878. The molecule has 2 aromatic rings. The predicted octanol–water partition coefficient (Wildman–Crippen LogP) is 5.49. The van der Waals surface area contributed by atoms with E-state index in [0.29, 0.717) is 24.5 Å². The maximum absolute atomic E-state index is 12.7. The Labute approximate surface area is 177 Å². The molecule has 0 spiro atoms. The zero-order valence-electron chi connectivity index (χ0n) is 16.1. The van der Waals surface area contributed by atoms with Gasteiger partial charge in [-0.2, -0.15) is 0 Å². The second-order valence-electron chi connectivity index (χ2n) is 6.69. The number of halogens is 1.